The second kappa shape index (κ2) is 5.79. The van der Waals surface area contributed by atoms with E-state index in [-0.39, 0.29) is 23.5 Å². The van der Waals surface area contributed by atoms with Crippen LogP contribution in [-0.4, -0.2) is 36.7 Å². The number of nitrogens with zero attached hydrogens (tertiary/aromatic N) is 5. The monoisotopic (exact) mass is 354 g/mol. The molecule has 2 unspecified atom stereocenters. The molecule has 2 aliphatic heterocycles. The van der Waals surface area contributed by atoms with Crippen molar-refractivity contribution in [2.75, 3.05) is 5.32 Å². The normalized spacial score (nSPS) is 21.7. The largest absolute Gasteiger partial charge is 0.323 e. The van der Waals surface area contributed by atoms with Gasteiger partial charge in [-0.25, -0.2) is 14.8 Å². The molecule has 1 fully saturated rings. The Morgan fingerprint density at radius 3 is 2.73 bits per heavy atom. The third-order valence-corrected chi connectivity index (χ3v) is 5.33. The van der Waals surface area contributed by atoms with Crippen LogP contribution in [0, 0.1) is 6.92 Å². The number of anilines is 1. The van der Waals surface area contributed by atoms with Gasteiger partial charge in [-0.15, -0.1) is 0 Å². The lowest BCUT2D eigenvalue weighted by molar-refractivity contribution is 0.178. The van der Waals surface area contributed by atoms with Crippen molar-refractivity contribution in [3.63, 3.8) is 0 Å². The number of nitrogens with one attached hydrogen (secondary N) is 1. The average molecular weight is 354 g/mol. The van der Waals surface area contributed by atoms with Crippen molar-refractivity contribution in [1.29, 1.82) is 0 Å². The van der Waals surface area contributed by atoms with Crippen LogP contribution < -0.4 is 5.32 Å². The highest BCUT2D eigenvalue weighted by Gasteiger charge is 2.44. The summed E-state index contributed by atoms with van der Waals surface area (Å²) in [6.07, 6.45) is 6.59. The van der Waals surface area contributed by atoms with Crippen LogP contribution in [0.4, 0.5) is 10.6 Å². The van der Waals surface area contributed by atoms with Gasteiger partial charge in [-0.05, 0) is 19.8 Å². The molecule has 0 radical (unpaired) electrons. The fraction of sp³-hybridized carbons (Fsp3) is 0.579. The lowest BCUT2D eigenvalue weighted by atomic mass is 9.93. The van der Waals surface area contributed by atoms with E-state index in [2.05, 4.69) is 36.2 Å². The number of hydrogen-bond donors (Lipinski definition) is 1. The number of aryl methyl sites for hydroxylation is 2. The molecule has 7 nitrogen and oxygen atoms in total. The van der Waals surface area contributed by atoms with Crippen molar-refractivity contribution < 1.29 is 4.79 Å². The Morgan fingerprint density at radius 2 is 2.08 bits per heavy atom. The zero-order chi connectivity index (χ0) is 18.6. The molecule has 2 bridgehead atoms. The van der Waals surface area contributed by atoms with Gasteiger partial charge in [0.15, 0.2) is 5.82 Å². The van der Waals surface area contributed by atoms with Crippen LogP contribution in [0.1, 0.15) is 62.3 Å². The number of amides is 2. The maximum absolute atomic E-state index is 13.0. The molecule has 2 aromatic rings. The SMILES string of the molecule is Cc1cn(C)nc1NC(=O)N1C2CCC1c1cnc(C(C)(C)C)nc1C2. The van der Waals surface area contributed by atoms with Gasteiger partial charge >= 0.3 is 6.03 Å². The van der Waals surface area contributed by atoms with Crippen molar-refractivity contribution in [3.05, 3.63) is 35.0 Å². The van der Waals surface area contributed by atoms with Gasteiger partial charge in [0.25, 0.3) is 0 Å². The first-order valence-electron chi connectivity index (χ1n) is 9.20. The Morgan fingerprint density at radius 1 is 1.31 bits per heavy atom. The zero-order valence-electron chi connectivity index (χ0n) is 16.1. The molecule has 0 saturated carbocycles. The number of carbonyl (C=O) groups is 1. The summed E-state index contributed by atoms with van der Waals surface area (Å²) in [4.78, 5) is 24.3. The summed E-state index contributed by atoms with van der Waals surface area (Å²) >= 11 is 0. The number of fused-ring (bicyclic) bond motifs is 4. The lowest BCUT2D eigenvalue weighted by Crippen LogP contribution is -2.44. The van der Waals surface area contributed by atoms with Crippen molar-refractivity contribution in [1.82, 2.24) is 24.6 Å². The van der Waals surface area contributed by atoms with E-state index < -0.39 is 0 Å². The molecule has 2 aliphatic rings. The van der Waals surface area contributed by atoms with Gasteiger partial charge < -0.3 is 4.90 Å². The van der Waals surface area contributed by atoms with E-state index in [1.807, 2.05) is 31.3 Å². The molecule has 4 heterocycles. The zero-order valence-corrected chi connectivity index (χ0v) is 16.1. The molecule has 26 heavy (non-hydrogen) atoms. The number of carbonyl (C=O) groups excluding carboxylic acids is 1. The number of rotatable bonds is 1. The lowest BCUT2D eigenvalue weighted by Gasteiger charge is -2.36. The summed E-state index contributed by atoms with van der Waals surface area (Å²) < 4.78 is 1.72. The summed E-state index contributed by atoms with van der Waals surface area (Å²) in [7, 11) is 1.85. The van der Waals surface area contributed by atoms with E-state index in [1.54, 1.807) is 4.68 Å². The smallest absolute Gasteiger partial charge is 0.314 e. The van der Waals surface area contributed by atoms with Crippen molar-refractivity contribution in [2.24, 2.45) is 7.05 Å². The summed E-state index contributed by atoms with van der Waals surface area (Å²) in [6.45, 7) is 8.33. The van der Waals surface area contributed by atoms with Crippen LogP contribution in [0.15, 0.2) is 12.4 Å². The highest BCUT2D eigenvalue weighted by Crippen LogP contribution is 2.43. The van der Waals surface area contributed by atoms with Gasteiger partial charge in [0.2, 0.25) is 0 Å². The Bertz CT molecular complexity index is 865. The van der Waals surface area contributed by atoms with Crippen LogP contribution in [0.5, 0.6) is 0 Å². The molecule has 7 heteroatoms. The van der Waals surface area contributed by atoms with Gasteiger partial charge in [-0.3, -0.25) is 10.00 Å². The fourth-order valence-corrected chi connectivity index (χ4v) is 4.05. The second-order valence-electron chi connectivity index (χ2n) is 8.47. The molecule has 2 atom stereocenters. The maximum Gasteiger partial charge on any atom is 0.323 e. The molecule has 0 spiro atoms. The predicted octanol–water partition coefficient (Wildman–Crippen LogP) is 3.11. The molecular weight excluding hydrogens is 328 g/mol. The van der Waals surface area contributed by atoms with Gasteiger partial charge in [0.05, 0.1) is 11.7 Å². The van der Waals surface area contributed by atoms with E-state index in [4.69, 9.17) is 4.98 Å². The van der Waals surface area contributed by atoms with E-state index >= 15 is 0 Å². The summed E-state index contributed by atoms with van der Waals surface area (Å²) in [5, 5.41) is 7.31. The molecule has 138 valence electrons. The van der Waals surface area contributed by atoms with Crippen LogP contribution in [0.3, 0.4) is 0 Å². The van der Waals surface area contributed by atoms with Crippen LogP contribution in [0.2, 0.25) is 0 Å². The minimum atomic E-state index is -0.0788. The van der Waals surface area contributed by atoms with Crippen molar-refractivity contribution in [3.8, 4) is 0 Å². The minimum Gasteiger partial charge on any atom is -0.314 e. The number of urea groups is 1. The molecule has 0 aliphatic carbocycles. The van der Waals surface area contributed by atoms with Gasteiger partial charge in [0.1, 0.15) is 5.82 Å². The highest BCUT2D eigenvalue weighted by atomic mass is 16.2. The van der Waals surface area contributed by atoms with E-state index in [1.165, 1.54) is 0 Å². The van der Waals surface area contributed by atoms with Crippen LogP contribution >= 0.6 is 0 Å². The van der Waals surface area contributed by atoms with Crippen LogP contribution in [0.25, 0.3) is 0 Å². The Labute approximate surface area is 153 Å². The highest BCUT2D eigenvalue weighted by molar-refractivity contribution is 5.90. The Hall–Kier alpha value is -2.44. The Kier molecular flexibility index (Phi) is 3.78. The number of hydrogen-bond acceptors (Lipinski definition) is 4. The molecule has 2 amide bonds. The molecule has 0 aromatic carbocycles. The predicted molar refractivity (Wildman–Crippen MR) is 99.0 cm³/mol. The summed E-state index contributed by atoms with van der Waals surface area (Å²) in [6, 6.07) is 0.172. The summed E-state index contributed by atoms with van der Waals surface area (Å²) in [5.74, 6) is 1.50. The molecular formula is C19H26N6O. The van der Waals surface area contributed by atoms with E-state index in [9.17, 15) is 4.79 Å². The van der Waals surface area contributed by atoms with E-state index in [0.717, 1.165) is 41.9 Å². The first kappa shape index (κ1) is 17.0. The third kappa shape index (κ3) is 2.75. The minimum absolute atomic E-state index is 0.0572. The average Bonchev–Trinajstić information content (AvgIpc) is 3.04. The molecule has 2 aromatic heterocycles. The fourth-order valence-electron chi connectivity index (χ4n) is 4.05. The standard InChI is InChI=1S/C19H26N6O/c1-11-10-24(5)23-16(11)22-18(26)25-12-6-7-15(25)13-9-20-17(19(2,3)4)21-14(13)8-12/h9-10,12,15H,6-8H2,1-5H3,(H,22,23,26). The first-order chi connectivity index (χ1) is 12.2. The summed E-state index contributed by atoms with van der Waals surface area (Å²) in [5.41, 5.74) is 3.10. The van der Waals surface area contributed by atoms with Crippen LogP contribution in [-0.2, 0) is 18.9 Å². The van der Waals surface area contributed by atoms with Crippen molar-refractivity contribution in [2.45, 2.75) is 64.5 Å². The molecule has 4 rings (SSSR count). The second-order valence-corrected chi connectivity index (χ2v) is 8.47. The molecule has 1 saturated heterocycles. The maximum atomic E-state index is 13.0. The molecule has 1 N–H and O–H groups in total. The van der Waals surface area contributed by atoms with Gasteiger partial charge in [-0.1, -0.05) is 20.8 Å². The van der Waals surface area contributed by atoms with Gasteiger partial charge in [-0.2, -0.15) is 5.10 Å². The quantitative estimate of drug-likeness (QED) is 0.854. The number of aromatic nitrogens is 4. The topological polar surface area (TPSA) is 75.9 Å². The van der Waals surface area contributed by atoms with Crippen molar-refractivity contribution >= 4 is 11.8 Å². The van der Waals surface area contributed by atoms with Gasteiger partial charge in [0, 0.05) is 48.4 Å². The first-order valence-corrected chi connectivity index (χ1v) is 9.20. The van der Waals surface area contributed by atoms with E-state index in [0.29, 0.717) is 5.82 Å². The third-order valence-electron chi connectivity index (χ3n) is 5.33. The Balaban J connectivity index is 1.61.